The Morgan fingerprint density at radius 2 is 1.76 bits per heavy atom. The number of benzene rings is 1. The average Bonchev–Trinajstić information content (AvgIpc) is 3.31. The summed E-state index contributed by atoms with van der Waals surface area (Å²) in [5.74, 6) is 2.20. The monoisotopic (exact) mass is 397 g/mol. The Hall–Kier alpha value is -2.22. The van der Waals surface area contributed by atoms with E-state index in [4.69, 9.17) is 14.2 Å². The second-order valence-corrected chi connectivity index (χ2v) is 9.06. The molecule has 0 aromatic heterocycles. The number of carbonyl (C=O) groups excluding carboxylic acids is 1. The number of hydrogen-bond donors (Lipinski definition) is 0. The number of ether oxygens (including phenoxy) is 3. The summed E-state index contributed by atoms with van der Waals surface area (Å²) in [4.78, 5) is 11.9. The van der Waals surface area contributed by atoms with Crippen LogP contribution in [0.3, 0.4) is 0 Å². The molecule has 3 aliphatic rings. The number of hydrogen-bond acceptors (Lipinski definition) is 5. The van der Waals surface area contributed by atoms with Crippen molar-refractivity contribution in [3.8, 4) is 17.6 Å². The first-order valence-corrected chi connectivity index (χ1v) is 10.9. The van der Waals surface area contributed by atoms with Gasteiger partial charge in [-0.25, -0.2) is 0 Å². The maximum Gasteiger partial charge on any atom is 0.308 e. The molecule has 2 unspecified atom stereocenters. The molecule has 0 amide bonds. The van der Waals surface area contributed by atoms with E-state index in [0.29, 0.717) is 11.8 Å². The highest BCUT2D eigenvalue weighted by molar-refractivity contribution is 5.72. The Morgan fingerprint density at radius 1 is 1.07 bits per heavy atom. The van der Waals surface area contributed by atoms with Crippen LogP contribution in [0, 0.1) is 29.1 Å². The van der Waals surface area contributed by atoms with Crippen molar-refractivity contribution < 1.29 is 19.0 Å². The van der Waals surface area contributed by atoms with E-state index >= 15 is 0 Å². The Balaban J connectivity index is 1.55. The van der Waals surface area contributed by atoms with Crippen LogP contribution >= 0.6 is 0 Å². The SMILES string of the molecule is COC(=O)C1C[C@@H]2CC(C#N)(c3ccc(OC)c(OC4CCCCC4)c3)C[C@@H]2C1. The third-order valence-corrected chi connectivity index (χ3v) is 7.37. The zero-order valence-electron chi connectivity index (χ0n) is 17.5. The molecule has 0 heterocycles. The van der Waals surface area contributed by atoms with E-state index in [2.05, 4.69) is 6.07 Å². The summed E-state index contributed by atoms with van der Waals surface area (Å²) in [6.45, 7) is 0. The van der Waals surface area contributed by atoms with Crippen LogP contribution in [0.15, 0.2) is 18.2 Å². The van der Waals surface area contributed by atoms with Crippen molar-refractivity contribution in [3.63, 3.8) is 0 Å². The molecule has 0 aliphatic heterocycles. The van der Waals surface area contributed by atoms with Crippen LogP contribution in [-0.2, 0) is 14.9 Å². The third kappa shape index (κ3) is 3.82. The van der Waals surface area contributed by atoms with Gasteiger partial charge in [0.05, 0.1) is 37.7 Å². The minimum atomic E-state index is -0.507. The van der Waals surface area contributed by atoms with Crippen LogP contribution < -0.4 is 9.47 Å². The molecule has 0 N–H and O–H groups in total. The molecule has 5 nitrogen and oxygen atoms in total. The van der Waals surface area contributed by atoms with Crippen molar-refractivity contribution in [3.05, 3.63) is 23.8 Å². The van der Waals surface area contributed by atoms with Gasteiger partial charge in [-0.1, -0.05) is 12.5 Å². The molecule has 4 rings (SSSR count). The lowest BCUT2D eigenvalue weighted by molar-refractivity contribution is -0.145. The summed E-state index contributed by atoms with van der Waals surface area (Å²) in [5.41, 5.74) is 0.517. The molecule has 3 aliphatic carbocycles. The molecule has 1 aromatic carbocycles. The standard InChI is InChI=1S/C24H31NO4/c1-27-21-9-8-19(12-22(21)29-20-6-4-3-5-7-20)24(15-25)13-17-10-16(23(26)28-2)11-18(17)14-24/h8-9,12,16-18,20H,3-7,10-11,13-14H2,1-2H3/t16?,17-,18+,24?. The topological polar surface area (TPSA) is 68.6 Å². The van der Waals surface area contributed by atoms with Crippen LogP contribution in [0.1, 0.15) is 63.4 Å². The molecule has 1 aromatic rings. The fourth-order valence-electron chi connectivity index (χ4n) is 5.87. The summed E-state index contributed by atoms with van der Waals surface area (Å²) in [6, 6.07) is 8.64. The molecular weight excluding hydrogens is 366 g/mol. The second-order valence-electron chi connectivity index (χ2n) is 9.06. The number of rotatable bonds is 5. The third-order valence-electron chi connectivity index (χ3n) is 7.37. The first kappa shape index (κ1) is 20.1. The van der Waals surface area contributed by atoms with E-state index in [1.165, 1.54) is 26.4 Å². The van der Waals surface area contributed by atoms with Gasteiger partial charge in [0.15, 0.2) is 11.5 Å². The molecule has 156 valence electrons. The van der Waals surface area contributed by atoms with Gasteiger partial charge in [0.25, 0.3) is 0 Å². The molecule has 0 spiro atoms. The van der Waals surface area contributed by atoms with Gasteiger partial charge in [0.2, 0.25) is 0 Å². The first-order valence-electron chi connectivity index (χ1n) is 10.9. The van der Waals surface area contributed by atoms with Crippen molar-refractivity contribution in [1.29, 1.82) is 5.26 Å². The van der Waals surface area contributed by atoms with Gasteiger partial charge in [-0.15, -0.1) is 0 Å². The van der Waals surface area contributed by atoms with E-state index in [0.717, 1.165) is 55.6 Å². The lowest BCUT2D eigenvalue weighted by atomic mass is 9.77. The normalized spacial score (nSPS) is 31.7. The summed E-state index contributed by atoms with van der Waals surface area (Å²) in [7, 11) is 3.12. The molecule has 3 saturated carbocycles. The average molecular weight is 398 g/mol. The van der Waals surface area contributed by atoms with Crippen molar-refractivity contribution in [2.75, 3.05) is 14.2 Å². The van der Waals surface area contributed by atoms with E-state index in [9.17, 15) is 10.1 Å². The number of fused-ring (bicyclic) bond motifs is 1. The minimum Gasteiger partial charge on any atom is -0.493 e. The highest BCUT2D eigenvalue weighted by Crippen LogP contribution is 2.56. The van der Waals surface area contributed by atoms with Crippen LogP contribution in [-0.4, -0.2) is 26.3 Å². The van der Waals surface area contributed by atoms with Gasteiger partial charge in [-0.2, -0.15) is 5.26 Å². The van der Waals surface area contributed by atoms with E-state index in [-0.39, 0.29) is 18.0 Å². The maximum absolute atomic E-state index is 11.9. The molecule has 3 fully saturated rings. The first-order chi connectivity index (χ1) is 14.1. The van der Waals surface area contributed by atoms with E-state index < -0.39 is 5.41 Å². The fraction of sp³-hybridized carbons (Fsp3) is 0.667. The molecule has 5 heteroatoms. The van der Waals surface area contributed by atoms with Crippen molar-refractivity contribution >= 4 is 5.97 Å². The molecule has 0 saturated heterocycles. The molecule has 0 bridgehead atoms. The largest absolute Gasteiger partial charge is 0.493 e. The molecule has 0 radical (unpaired) electrons. The number of methoxy groups -OCH3 is 2. The Kier molecular flexibility index (Phi) is 5.72. The van der Waals surface area contributed by atoms with Crippen molar-refractivity contribution in [2.24, 2.45) is 17.8 Å². The minimum absolute atomic E-state index is 0.00671. The Bertz CT molecular complexity index is 779. The predicted octanol–water partition coefficient (Wildman–Crippen LogP) is 4.78. The summed E-state index contributed by atoms with van der Waals surface area (Å²) in [5, 5.41) is 10.2. The van der Waals surface area contributed by atoms with Crippen molar-refractivity contribution in [1.82, 2.24) is 0 Å². The van der Waals surface area contributed by atoms with Crippen LogP contribution in [0.2, 0.25) is 0 Å². The Morgan fingerprint density at radius 3 is 2.34 bits per heavy atom. The van der Waals surface area contributed by atoms with Crippen LogP contribution in [0.4, 0.5) is 0 Å². The number of nitriles is 1. The van der Waals surface area contributed by atoms with Gasteiger partial charge in [-0.05, 0) is 80.9 Å². The highest BCUT2D eigenvalue weighted by Gasteiger charge is 2.52. The lowest BCUT2D eigenvalue weighted by Gasteiger charge is -2.27. The zero-order valence-corrected chi connectivity index (χ0v) is 17.5. The van der Waals surface area contributed by atoms with Gasteiger partial charge >= 0.3 is 5.97 Å². The Labute approximate surface area is 173 Å². The molecule has 4 atom stereocenters. The van der Waals surface area contributed by atoms with Gasteiger partial charge in [0, 0.05) is 0 Å². The smallest absolute Gasteiger partial charge is 0.308 e. The lowest BCUT2D eigenvalue weighted by Crippen LogP contribution is -2.24. The fourth-order valence-corrected chi connectivity index (χ4v) is 5.87. The maximum atomic E-state index is 11.9. The molecular formula is C24H31NO4. The van der Waals surface area contributed by atoms with Gasteiger partial charge < -0.3 is 14.2 Å². The van der Waals surface area contributed by atoms with Crippen LogP contribution in [0.25, 0.3) is 0 Å². The number of nitrogens with zero attached hydrogens (tertiary/aromatic N) is 1. The summed E-state index contributed by atoms with van der Waals surface area (Å²) in [6.07, 6.45) is 9.36. The van der Waals surface area contributed by atoms with Crippen molar-refractivity contribution in [2.45, 2.75) is 69.3 Å². The van der Waals surface area contributed by atoms with Crippen LogP contribution in [0.5, 0.6) is 11.5 Å². The zero-order chi connectivity index (χ0) is 20.4. The van der Waals surface area contributed by atoms with E-state index in [1.807, 2.05) is 18.2 Å². The van der Waals surface area contributed by atoms with E-state index in [1.54, 1.807) is 7.11 Å². The quantitative estimate of drug-likeness (QED) is 0.669. The molecule has 29 heavy (non-hydrogen) atoms. The summed E-state index contributed by atoms with van der Waals surface area (Å²) >= 11 is 0. The number of esters is 1. The van der Waals surface area contributed by atoms with Gasteiger partial charge in [0.1, 0.15) is 0 Å². The second kappa shape index (κ2) is 8.26. The number of carbonyl (C=O) groups is 1. The van der Waals surface area contributed by atoms with Gasteiger partial charge in [-0.3, -0.25) is 4.79 Å². The highest BCUT2D eigenvalue weighted by atomic mass is 16.5. The summed E-state index contributed by atoms with van der Waals surface area (Å²) < 4.78 is 16.8. The predicted molar refractivity (Wildman–Crippen MR) is 109 cm³/mol.